The number of rotatable bonds is 7. The van der Waals surface area contributed by atoms with Gasteiger partial charge < -0.3 is 9.64 Å². The Bertz CT molecular complexity index is 501. The molecule has 0 aromatic carbocycles. The van der Waals surface area contributed by atoms with Crippen molar-refractivity contribution in [2.75, 3.05) is 13.1 Å². The molecule has 0 aromatic heterocycles. The van der Waals surface area contributed by atoms with Crippen LogP contribution in [0.15, 0.2) is 5.11 Å². The van der Waals surface area contributed by atoms with E-state index >= 15 is 0 Å². The molecule has 7 nitrogen and oxygen atoms in total. The summed E-state index contributed by atoms with van der Waals surface area (Å²) in [7, 11) is 0. The summed E-state index contributed by atoms with van der Waals surface area (Å²) in [5, 5.41) is 3.67. The van der Waals surface area contributed by atoms with Crippen LogP contribution in [0.25, 0.3) is 10.4 Å². The molecule has 25 heavy (non-hydrogen) atoms. The van der Waals surface area contributed by atoms with E-state index in [2.05, 4.69) is 10.0 Å². The van der Waals surface area contributed by atoms with Gasteiger partial charge in [0, 0.05) is 30.0 Å². The topological polar surface area (TPSA) is 95.4 Å². The molecule has 1 rings (SSSR count). The molecule has 0 aliphatic carbocycles. The van der Waals surface area contributed by atoms with Crippen LogP contribution in [0.1, 0.15) is 66.7 Å². The summed E-state index contributed by atoms with van der Waals surface area (Å²) in [5.41, 5.74) is 7.99. The van der Waals surface area contributed by atoms with Crippen molar-refractivity contribution in [1.82, 2.24) is 4.90 Å². The molecule has 1 amide bonds. The highest BCUT2D eigenvalue weighted by atomic mass is 16.6. The summed E-state index contributed by atoms with van der Waals surface area (Å²) in [5.74, 6) is -0.170. The van der Waals surface area contributed by atoms with Gasteiger partial charge in [-0.2, -0.15) is 0 Å². The Kier molecular flexibility index (Phi) is 8.23. The van der Waals surface area contributed by atoms with Gasteiger partial charge in [-0.25, -0.2) is 0 Å². The molecule has 0 spiro atoms. The fourth-order valence-corrected chi connectivity index (χ4v) is 3.07. The number of carbonyl (C=O) groups is 2. The van der Waals surface area contributed by atoms with Crippen molar-refractivity contribution in [3.63, 3.8) is 0 Å². The zero-order valence-electron chi connectivity index (χ0n) is 16.2. The van der Waals surface area contributed by atoms with E-state index in [9.17, 15) is 9.59 Å². The molecule has 0 radical (unpaired) electrons. The molecule has 0 unspecified atom stereocenters. The van der Waals surface area contributed by atoms with E-state index < -0.39 is 5.60 Å². The van der Waals surface area contributed by atoms with Gasteiger partial charge in [-0.3, -0.25) is 9.59 Å². The molecular weight excluding hydrogens is 320 g/mol. The van der Waals surface area contributed by atoms with Crippen molar-refractivity contribution in [1.29, 1.82) is 0 Å². The van der Waals surface area contributed by atoms with Crippen LogP contribution in [0.5, 0.6) is 0 Å². The minimum atomic E-state index is -0.472. The summed E-state index contributed by atoms with van der Waals surface area (Å²) in [4.78, 5) is 29.5. The van der Waals surface area contributed by atoms with Gasteiger partial charge in [-0.05, 0) is 58.4 Å². The normalized spacial score (nSPS) is 18.2. The fraction of sp³-hybridized carbons (Fsp3) is 0.889. The van der Waals surface area contributed by atoms with Crippen molar-refractivity contribution in [2.45, 2.75) is 78.4 Å². The van der Waals surface area contributed by atoms with Gasteiger partial charge in [0.2, 0.25) is 5.91 Å². The lowest BCUT2D eigenvalue weighted by atomic mass is 9.92. The second-order valence-electron chi connectivity index (χ2n) is 7.87. The summed E-state index contributed by atoms with van der Waals surface area (Å²) in [6.07, 6.45) is 3.52. The van der Waals surface area contributed by atoms with E-state index in [1.165, 1.54) is 0 Å². The highest BCUT2D eigenvalue weighted by Gasteiger charge is 2.32. The van der Waals surface area contributed by atoms with E-state index in [1.54, 1.807) is 0 Å². The molecule has 1 heterocycles. The average molecular weight is 352 g/mol. The van der Waals surface area contributed by atoms with Gasteiger partial charge in [0.05, 0.1) is 5.92 Å². The summed E-state index contributed by atoms with van der Waals surface area (Å²) in [6.45, 7) is 10.7. The Balaban J connectivity index is 2.50. The Labute approximate surface area is 150 Å². The molecular formula is C18H32N4O3. The number of hydrogen-bond donors (Lipinski definition) is 0. The van der Waals surface area contributed by atoms with Crippen LogP contribution < -0.4 is 0 Å². The van der Waals surface area contributed by atoms with Crippen LogP contribution >= 0.6 is 0 Å². The molecule has 0 bridgehead atoms. The molecule has 1 aliphatic rings. The monoisotopic (exact) mass is 352 g/mol. The number of azide groups is 1. The van der Waals surface area contributed by atoms with Crippen molar-refractivity contribution in [3.05, 3.63) is 10.4 Å². The zero-order chi connectivity index (χ0) is 19.0. The maximum atomic E-state index is 12.7. The van der Waals surface area contributed by atoms with E-state index in [1.807, 2.05) is 39.5 Å². The Morgan fingerprint density at radius 2 is 1.88 bits per heavy atom. The highest BCUT2D eigenvalue weighted by molar-refractivity contribution is 5.79. The average Bonchev–Trinajstić information content (AvgIpc) is 2.54. The Morgan fingerprint density at radius 1 is 1.28 bits per heavy atom. The minimum Gasteiger partial charge on any atom is -0.460 e. The Hall–Kier alpha value is -1.75. The van der Waals surface area contributed by atoms with Crippen LogP contribution in [0, 0.1) is 11.8 Å². The van der Waals surface area contributed by atoms with Gasteiger partial charge in [-0.1, -0.05) is 19.0 Å². The standard InChI is InChI=1S/C18H32N4O3/c1-6-14(8-7-13(2)20-21-19)16(23)22-11-9-15(10-12-22)17(24)25-18(3,4)5/h13-15H,6-12H2,1-5H3/t13-,14-/m1/s1. The number of likely N-dealkylation sites (tertiary alicyclic amines) is 1. The lowest BCUT2D eigenvalue weighted by Gasteiger charge is -2.34. The van der Waals surface area contributed by atoms with Crippen LogP contribution in [-0.2, 0) is 14.3 Å². The number of amides is 1. The van der Waals surface area contributed by atoms with Crippen LogP contribution in [0.2, 0.25) is 0 Å². The SMILES string of the molecule is CC[C@H](CC[C@@H](C)N=[N+]=[N-])C(=O)N1CCC(C(=O)OC(C)(C)C)CC1. The van der Waals surface area contributed by atoms with Gasteiger partial charge in [0.15, 0.2) is 0 Å². The Morgan fingerprint density at radius 3 is 2.36 bits per heavy atom. The molecule has 1 fully saturated rings. The van der Waals surface area contributed by atoms with Gasteiger partial charge in [0.25, 0.3) is 0 Å². The van der Waals surface area contributed by atoms with E-state index in [0.717, 1.165) is 12.8 Å². The van der Waals surface area contributed by atoms with E-state index in [-0.39, 0.29) is 29.8 Å². The van der Waals surface area contributed by atoms with Crippen molar-refractivity contribution in [3.8, 4) is 0 Å². The lowest BCUT2D eigenvalue weighted by Crippen LogP contribution is -2.44. The predicted molar refractivity (Wildman–Crippen MR) is 96.8 cm³/mol. The summed E-state index contributed by atoms with van der Waals surface area (Å²) >= 11 is 0. The third-order valence-corrected chi connectivity index (χ3v) is 4.57. The lowest BCUT2D eigenvalue weighted by molar-refractivity contribution is -0.162. The first-order chi connectivity index (χ1) is 11.7. The smallest absolute Gasteiger partial charge is 0.309 e. The molecule has 0 aromatic rings. The summed E-state index contributed by atoms with van der Waals surface area (Å²) in [6, 6.07) is -0.0928. The third-order valence-electron chi connectivity index (χ3n) is 4.57. The van der Waals surface area contributed by atoms with Crippen molar-refractivity contribution < 1.29 is 14.3 Å². The highest BCUT2D eigenvalue weighted by Crippen LogP contribution is 2.24. The summed E-state index contributed by atoms with van der Waals surface area (Å²) < 4.78 is 5.45. The molecule has 1 aliphatic heterocycles. The number of piperidine rings is 1. The molecule has 2 atom stereocenters. The number of nitrogens with zero attached hydrogens (tertiary/aromatic N) is 4. The van der Waals surface area contributed by atoms with Crippen LogP contribution in [0.3, 0.4) is 0 Å². The van der Waals surface area contributed by atoms with Crippen LogP contribution in [-0.4, -0.2) is 41.5 Å². The van der Waals surface area contributed by atoms with Gasteiger partial charge >= 0.3 is 5.97 Å². The maximum Gasteiger partial charge on any atom is 0.309 e. The fourth-order valence-electron chi connectivity index (χ4n) is 3.07. The first kappa shape index (κ1) is 21.3. The third kappa shape index (κ3) is 7.34. The maximum absolute atomic E-state index is 12.7. The van der Waals surface area contributed by atoms with Crippen molar-refractivity contribution in [2.24, 2.45) is 17.0 Å². The second kappa shape index (κ2) is 9.66. The van der Waals surface area contributed by atoms with E-state index in [4.69, 9.17) is 10.3 Å². The molecule has 0 saturated carbocycles. The number of ether oxygens (including phenoxy) is 1. The quantitative estimate of drug-likeness (QED) is 0.299. The van der Waals surface area contributed by atoms with E-state index in [0.29, 0.717) is 32.4 Å². The number of carbonyl (C=O) groups excluding carboxylic acids is 2. The molecule has 0 N–H and O–H groups in total. The van der Waals surface area contributed by atoms with Gasteiger partial charge in [-0.15, -0.1) is 0 Å². The number of esters is 1. The van der Waals surface area contributed by atoms with Gasteiger partial charge in [0.1, 0.15) is 5.60 Å². The first-order valence-corrected chi connectivity index (χ1v) is 9.23. The second-order valence-corrected chi connectivity index (χ2v) is 7.87. The predicted octanol–water partition coefficient (Wildman–Crippen LogP) is 4.07. The minimum absolute atomic E-state index is 0.0468. The zero-order valence-corrected chi connectivity index (χ0v) is 16.2. The molecule has 1 saturated heterocycles. The van der Waals surface area contributed by atoms with Crippen molar-refractivity contribution >= 4 is 11.9 Å². The largest absolute Gasteiger partial charge is 0.460 e. The first-order valence-electron chi connectivity index (χ1n) is 9.23. The molecule has 142 valence electrons. The van der Waals surface area contributed by atoms with Crippen LogP contribution in [0.4, 0.5) is 0 Å². The number of hydrogen-bond acceptors (Lipinski definition) is 4. The molecule has 7 heteroatoms.